The largest absolute Gasteiger partial charge is 0.398 e. The summed E-state index contributed by atoms with van der Waals surface area (Å²) in [5, 5.41) is -0.728. The van der Waals surface area contributed by atoms with Gasteiger partial charge >= 0.3 is 0 Å². The van der Waals surface area contributed by atoms with Crippen LogP contribution in [0.3, 0.4) is 0 Å². The SMILES string of the molecule is Cc1ccc(N)c(S(=O)C(C)C(N)=O)c1. The van der Waals surface area contributed by atoms with Crippen LogP contribution in [-0.2, 0) is 15.6 Å². The van der Waals surface area contributed by atoms with Crippen molar-refractivity contribution < 1.29 is 9.00 Å². The normalized spacial score (nSPS) is 14.5. The fourth-order valence-electron chi connectivity index (χ4n) is 1.11. The van der Waals surface area contributed by atoms with E-state index >= 15 is 0 Å². The summed E-state index contributed by atoms with van der Waals surface area (Å²) in [6, 6.07) is 5.21. The quantitative estimate of drug-likeness (QED) is 0.738. The Morgan fingerprint density at radius 3 is 2.60 bits per heavy atom. The molecule has 0 aliphatic rings. The number of hydrogen-bond donors (Lipinski definition) is 2. The second-order valence-electron chi connectivity index (χ2n) is 3.38. The summed E-state index contributed by atoms with van der Waals surface area (Å²) in [6.07, 6.45) is 0. The highest BCUT2D eigenvalue weighted by molar-refractivity contribution is 7.86. The number of aryl methyl sites for hydroxylation is 1. The monoisotopic (exact) mass is 226 g/mol. The lowest BCUT2D eigenvalue weighted by Gasteiger charge is -2.10. The fourth-order valence-corrected chi connectivity index (χ4v) is 2.31. The summed E-state index contributed by atoms with van der Waals surface area (Å²) < 4.78 is 11.9. The van der Waals surface area contributed by atoms with E-state index in [0.717, 1.165) is 5.56 Å². The van der Waals surface area contributed by atoms with Gasteiger partial charge in [-0.05, 0) is 31.5 Å². The number of amides is 1. The van der Waals surface area contributed by atoms with Crippen molar-refractivity contribution in [1.82, 2.24) is 0 Å². The van der Waals surface area contributed by atoms with Crippen LogP contribution in [-0.4, -0.2) is 15.4 Å². The van der Waals surface area contributed by atoms with Crippen molar-refractivity contribution in [3.63, 3.8) is 0 Å². The number of nitrogens with two attached hydrogens (primary N) is 2. The zero-order valence-corrected chi connectivity index (χ0v) is 9.51. The fraction of sp³-hybridized carbons (Fsp3) is 0.300. The Morgan fingerprint density at radius 1 is 1.47 bits per heavy atom. The summed E-state index contributed by atoms with van der Waals surface area (Å²) in [5.41, 5.74) is 12.1. The first-order chi connectivity index (χ1) is 6.93. The minimum Gasteiger partial charge on any atom is -0.398 e. The van der Waals surface area contributed by atoms with Gasteiger partial charge in [0, 0.05) is 5.69 Å². The molecule has 0 heterocycles. The Kier molecular flexibility index (Phi) is 3.47. The van der Waals surface area contributed by atoms with Gasteiger partial charge in [0.2, 0.25) is 5.91 Å². The molecule has 4 N–H and O–H groups in total. The molecule has 0 radical (unpaired) electrons. The zero-order chi connectivity index (χ0) is 11.6. The first kappa shape index (κ1) is 11.7. The molecule has 82 valence electrons. The highest BCUT2D eigenvalue weighted by Crippen LogP contribution is 2.20. The number of benzene rings is 1. The maximum Gasteiger partial charge on any atom is 0.233 e. The van der Waals surface area contributed by atoms with Crippen molar-refractivity contribution in [3.05, 3.63) is 23.8 Å². The third-order valence-corrected chi connectivity index (χ3v) is 3.77. The number of carbonyl (C=O) groups is 1. The van der Waals surface area contributed by atoms with Crippen molar-refractivity contribution >= 4 is 22.4 Å². The molecule has 1 aromatic rings. The molecule has 0 aliphatic carbocycles. The molecule has 5 heteroatoms. The van der Waals surface area contributed by atoms with Crippen LogP contribution in [0.15, 0.2) is 23.1 Å². The van der Waals surface area contributed by atoms with Crippen LogP contribution in [0.25, 0.3) is 0 Å². The van der Waals surface area contributed by atoms with Crippen LogP contribution in [0.5, 0.6) is 0 Å². The molecule has 1 rings (SSSR count). The van der Waals surface area contributed by atoms with Gasteiger partial charge in [-0.2, -0.15) is 0 Å². The van der Waals surface area contributed by atoms with Crippen molar-refractivity contribution in [3.8, 4) is 0 Å². The summed E-state index contributed by atoms with van der Waals surface area (Å²) in [4.78, 5) is 11.4. The summed E-state index contributed by atoms with van der Waals surface area (Å²) >= 11 is 0. The van der Waals surface area contributed by atoms with E-state index in [0.29, 0.717) is 10.6 Å². The standard InChI is InChI=1S/C10H14N2O2S/c1-6-3-4-8(11)9(5-6)15(14)7(2)10(12)13/h3-5,7H,11H2,1-2H3,(H2,12,13). The topological polar surface area (TPSA) is 86.2 Å². The Hall–Kier alpha value is -1.36. The van der Waals surface area contributed by atoms with E-state index in [1.807, 2.05) is 13.0 Å². The maximum atomic E-state index is 11.9. The number of nitrogen functional groups attached to an aromatic ring is 1. The van der Waals surface area contributed by atoms with E-state index in [9.17, 15) is 9.00 Å². The average Bonchev–Trinajstić information content (AvgIpc) is 2.19. The predicted molar refractivity (Wildman–Crippen MR) is 60.7 cm³/mol. The van der Waals surface area contributed by atoms with Crippen LogP contribution in [0.2, 0.25) is 0 Å². The zero-order valence-electron chi connectivity index (χ0n) is 8.69. The Balaban J connectivity index is 3.11. The van der Waals surface area contributed by atoms with Gasteiger partial charge in [-0.25, -0.2) is 0 Å². The van der Waals surface area contributed by atoms with Crippen LogP contribution < -0.4 is 11.5 Å². The smallest absolute Gasteiger partial charge is 0.233 e. The molecule has 15 heavy (non-hydrogen) atoms. The van der Waals surface area contributed by atoms with Crippen LogP contribution in [0.4, 0.5) is 5.69 Å². The Labute approximate surface area is 91.1 Å². The molecule has 4 nitrogen and oxygen atoms in total. The summed E-state index contributed by atoms with van der Waals surface area (Å²) in [5.74, 6) is -0.589. The Morgan fingerprint density at radius 2 is 2.07 bits per heavy atom. The van der Waals surface area contributed by atoms with Gasteiger partial charge in [-0.3, -0.25) is 9.00 Å². The van der Waals surface area contributed by atoms with Gasteiger partial charge in [0.15, 0.2) is 0 Å². The number of hydrogen-bond acceptors (Lipinski definition) is 3. The lowest BCUT2D eigenvalue weighted by molar-refractivity contribution is -0.117. The molecule has 0 saturated heterocycles. The molecule has 0 fully saturated rings. The van der Waals surface area contributed by atoms with Crippen molar-refractivity contribution in [2.75, 3.05) is 5.73 Å². The maximum absolute atomic E-state index is 11.9. The molecule has 1 aromatic carbocycles. The number of carbonyl (C=O) groups excluding carboxylic acids is 1. The van der Waals surface area contributed by atoms with Crippen molar-refractivity contribution in [1.29, 1.82) is 0 Å². The number of rotatable bonds is 3. The molecule has 1 amide bonds. The van der Waals surface area contributed by atoms with Gasteiger partial charge in [0.05, 0.1) is 15.7 Å². The van der Waals surface area contributed by atoms with Gasteiger partial charge in [-0.15, -0.1) is 0 Å². The van der Waals surface area contributed by atoms with E-state index < -0.39 is 22.0 Å². The highest BCUT2D eigenvalue weighted by Gasteiger charge is 2.20. The van der Waals surface area contributed by atoms with Gasteiger partial charge in [0.25, 0.3) is 0 Å². The minimum absolute atomic E-state index is 0.423. The molecule has 0 spiro atoms. The van der Waals surface area contributed by atoms with E-state index in [-0.39, 0.29) is 0 Å². The third kappa shape index (κ3) is 2.56. The average molecular weight is 226 g/mol. The molecule has 0 bridgehead atoms. The van der Waals surface area contributed by atoms with Crippen molar-refractivity contribution in [2.45, 2.75) is 24.0 Å². The van der Waals surface area contributed by atoms with Gasteiger partial charge < -0.3 is 11.5 Å². The minimum atomic E-state index is -1.48. The van der Waals surface area contributed by atoms with E-state index in [1.54, 1.807) is 12.1 Å². The van der Waals surface area contributed by atoms with E-state index in [4.69, 9.17) is 11.5 Å². The lowest BCUT2D eigenvalue weighted by atomic mass is 10.2. The van der Waals surface area contributed by atoms with Gasteiger partial charge in [-0.1, -0.05) is 6.07 Å². The molecule has 0 aromatic heterocycles. The highest BCUT2D eigenvalue weighted by atomic mass is 32.2. The Bertz CT molecular complexity index is 418. The summed E-state index contributed by atoms with van der Waals surface area (Å²) in [7, 11) is -1.48. The predicted octanol–water partition coefficient (Wildman–Crippen LogP) is 0.559. The molecule has 2 unspecified atom stereocenters. The third-order valence-electron chi connectivity index (χ3n) is 2.11. The molecular weight excluding hydrogens is 212 g/mol. The van der Waals surface area contributed by atoms with Gasteiger partial charge in [0.1, 0.15) is 5.25 Å². The molecule has 0 aliphatic heterocycles. The van der Waals surface area contributed by atoms with E-state index in [1.165, 1.54) is 6.92 Å². The number of anilines is 1. The molecular formula is C10H14N2O2S. The number of primary amides is 1. The van der Waals surface area contributed by atoms with Crippen LogP contribution in [0, 0.1) is 6.92 Å². The molecule has 0 saturated carbocycles. The van der Waals surface area contributed by atoms with Crippen LogP contribution >= 0.6 is 0 Å². The summed E-state index contributed by atoms with van der Waals surface area (Å²) in [6.45, 7) is 3.40. The molecule has 2 atom stereocenters. The second kappa shape index (κ2) is 4.44. The lowest BCUT2D eigenvalue weighted by Crippen LogP contribution is -2.29. The van der Waals surface area contributed by atoms with Crippen molar-refractivity contribution in [2.24, 2.45) is 5.73 Å². The first-order valence-corrected chi connectivity index (χ1v) is 5.71. The van der Waals surface area contributed by atoms with E-state index in [2.05, 4.69) is 0 Å². The van der Waals surface area contributed by atoms with Crippen LogP contribution in [0.1, 0.15) is 12.5 Å². The second-order valence-corrected chi connectivity index (χ2v) is 5.13. The first-order valence-electron chi connectivity index (χ1n) is 4.49.